The minimum Gasteiger partial charge on any atom is -0.384 e. The highest BCUT2D eigenvalue weighted by Crippen LogP contribution is 2.12. The second-order valence-corrected chi connectivity index (χ2v) is 4.19. The lowest BCUT2D eigenvalue weighted by atomic mass is 10.0. The van der Waals surface area contributed by atoms with Crippen LogP contribution in [-0.2, 0) is 0 Å². The molecule has 0 unspecified atom stereocenters. The monoisotopic (exact) mass is 266 g/mol. The Morgan fingerprint density at radius 2 is 2.25 bits per heavy atom. The number of aliphatic hydroxyl groups excluding tert-OH is 1. The number of aromatic nitrogens is 1. The molecule has 0 aliphatic heterocycles. The molecule has 0 saturated carbocycles. The SMILES string of the molecule is Cc1cc(C(=O)Nc2cccnc2)ccc1C#CCO. The van der Waals surface area contributed by atoms with Crippen LogP contribution in [0.2, 0.25) is 0 Å². The molecule has 1 aromatic heterocycles. The first-order valence-electron chi connectivity index (χ1n) is 6.12. The number of benzene rings is 1. The number of hydrogen-bond donors (Lipinski definition) is 2. The number of aliphatic hydroxyl groups is 1. The van der Waals surface area contributed by atoms with Crippen LogP contribution in [0.5, 0.6) is 0 Å². The van der Waals surface area contributed by atoms with Crippen molar-refractivity contribution in [3.63, 3.8) is 0 Å². The summed E-state index contributed by atoms with van der Waals surface area (Å²) in [5, 5.41) is 11.5. The van der Waals surface area contributed by atoms with E-state index in [1.165, 1.54) is 0 Å². The molecule has 0 spiro atoms. The van der Waals surface area contributed by atoms with Gasteiger partial charge in [0.05, 0.1) is 11.9 Å². The molecule has 2 N–H and O–H groups in total. The lowest BCUT2D eigenvalue weighted by Gasteiger charge is -2.06. The third-order valence-electron chi connectivity index (χ3n) is 2.71. The molecule has 4 heteroatoms. The Bertz CT molecular complexity index is 670. The standard InChI is InChI=1S/C16H14N2O2/c1-12-10-14(7-6-13(12)4-3-9-19)16(20)18-15-5-2-8-17-11-15/h2,5-8,10-11,19H,9H2,1H3,(H,18,20). The van der Waals surface area contributed by atoms with Crippen LogP contribution in [0.4, 0.5) is 5.69 Å². The van der Waals surface area contributed by atoms with Gasteiger partial charge in [0.2, 0.25) is 0 Å². The number of amides is 1. The quantitative estimate of drug-likeness (QED) is 0.817. The van der Waals surface area contributed by atoms with E-state index in [1.807, 2.05) is 6.92 Å². The summed E-state index contributed by atoms with van der Waals surface area (Å²) in [5.74, 6) is 5.24. The molecule has 2 aromatic rings. The lowest BCUT2D eigenvalue weighted by Crippen LogP contribution is -2.12. The Balaban J connectivity index is 2.17. The molecule has 0 radical (unpaired) electrons. The van der Waals surface area contributed by atoms with Crippen LogP contribution < -0.4 is 5.32 Å². The highest BCUT2D eigenvalue weighted by molar-refractivity contribution is 6.04. The van der Waals surface area contributed by atoms with Crippen LogP contribution in [0.3, 0.4) is 0 Å². The van der Waals surface area contributed by atoms with Gasteiger partial charge in [-0.3, -0.25) is 9.78 Å². The predicted octanol–water partition coefficient (Wildman–Crippen LogP) is 1.99. The maximum Gasteiger partial charge on any atom is 0.255 e. The lowest BCUT2D eigenvalue weighted by molar-refractivity contribution is 0.102. The van der Waals surface area contributed by atoms with E-state index in [1.54, 1.807) is 42.7 Å². The van der Waals surface area contributed by atoms with E-state index >= 15 is 0 Å². The normalized spacial score (nSPS) is 9.50. The summed E-state index contributed by atoms with van der Waals surface area (Å²) in [6.45, 7) is 1.70. The van der Waals surface area contributed by atoms with E-state index in [4.69, 9.17) is 5.11 Å². The van der Waals surface area contributed by atoms with Crippen molar-refractivity contribution < 1.29 is 9.90 Å². The number of pyridine rings is 1. The predicted molar refractivity (Wildman–Crippen MR) is 77.3 cm³/mol. The van der Waals surface area contributed by atoms with Crippen molar-refractivity contribution in [2.75, 3.05) is 11.9 Å². The maximum absolute atomic E-state index is 12.1. The molecule has 4 nitrogen and oxygen atoms in total. The van der Waals surface area contributed by atoms with Gasteiger partial charge in [0, 0.05) is 17.3 Å². The molecule has 2 rings (SSSR count). The summed E-state index contributed by atoms with van der Waals surface area (Å²) < 4.78 is 0. The zero-order valence-corrected chi connectivity index (χ0v) is 11.1. The fraction of sp³-hybridized carbons (Fsp3) is 0.125. The molecular formula is C16H14N2O2. The second kappa shape index (κ2) is 6.50. The van der Waals surface area contributed by atoms with Gasteiger partial charge in [-0.1, -0.05) is 11.8 Å². The molecular weight excluding hydrogens is 252 g/mol. The van der Waals surface area contributed by atoms with E-state index in [0.717, 1.165) is 11.1 Å². The van der Waals surface area contributed by atoms with Crippen LogP contribution in [0.25, 0.3) is 0 Å². The van der Waals surface area contributed by atoms with Crippen LogP contribution in [0.1, 0.15) is 21.5 Å². The van der Waals surface area contributed by atoms with E-state index < -0.39 is 0 Å². The van der Waals surface area contributed by atoms with Crippen molar-refractivity contribution in [3.05, 3.63) is 59.4 Å². The highest BCUT2D eigenvalue weighted by atomic mass is 16.2. The summed E-state index contributed by atoms with van der Waals surface area (Å²) in [6, 6.07) is 8.79. The van der Waals surface area contributed by atoms with Crippen molar-refractivity contribution in [3.8, 4) is 11.8 Å². The van der Waals surface area contributed by atoms with E-state index in [9.17, 15) is 4.79 Å². The Labute approximate surface area is 117 Å². The maximum atomic E-state index is 12.1. The zero-order chi connectivity index (χ0) is 14.4. The Morgan fingerprint density at radius 1 is 1.40 bits per heavy atom. The Kier molecular flexibility index (Phi) is 4.48. The summed E-state index contributed by atoms with van der Waals surface area (Å²) in [7, 11) is 0. The van der Waals surface area contributed by atoms with E-state index in [2.05, 4.69) is 22.1 Å². The number of carbonyl (C=O) groups is 1. The van der Waals surface area contributed by atoms with Gasteiger partial charge in [0.15, 0.2) is 0 Å². The Hall–Kier alpha value is -2.64. The fourth-order valence-electron chi connectivity index (χ4n) is 1.72. The van der Waals surface area contributed by atoms with E-state index in [-0.39, 0.29) is 12.5 Å². The molecule has 0 saturated heterocycles. The van der Waals surface area contributed by atoms with Crippen molar-refractivity contribution in [2.45, 2.75) is 6.92 Å². The van der Waals surface area contributed by atoms with Gasteiger partial charge in [0.1, 0.15) is 6.61 Å². The molecule has 0 atom stereocenters. The average molecular weight is 266 g/mol. The summed E-state index contributed by atoms with van der Waals surface area (Å²) in [5.41, 5.74) is 2.90. The third kappa shape index (κ3) is 3.44. The number of nitrogens with one attached hydrogen (secondary N) is 1. The zero-order valence-electron chi connectivity index (χ0n) is 11.1. The number of aryl methyl sites for hydroxylation is 1. The Morgan fingerprint density at radius 3 is 2.90 bits per heavy atom. The highest BCUT2D eigenvalue weighted by Gasteiger charge is 2.07. The second-order valence-electron chi connectivity index (χ2n) is 4.19. The first-order chi connectivity index (χ1) is 9.70. The van der Waals surface area contributed by atoms with Crippen LogP contribution in [-0.4, -0.2) is 22.6 Å². The molecule has 0 aliphatic rings. The smallest absolute Gasteiger partial charge is 0.255 e. The van der Waals surface area contributed by atoms with Gasteiger partial charge in [0.25, 0.3) is 5.91 Å². The van der Waals surface area contributed by atoms with Crippen LogP contribution in [0.15, 0.2) is 42.7 Å². The fourth-order valence-corrected chi connectivity index (χ4v) is 1.72. The van der Waals surface area contributed by atoms with Gasteiger partial charge in [-0.25, -0.2) is 0 Å². The first kappa shape index (κ1) is 13.8. The third-order valence-corrected chi connectivity index (χ3v) is 2.71. The topological polar surface area (TPSA) is 62.2 Å². The average Bonchev–Trinajstić information content (AvgIpc) is 2.47. The molecule has 1 amide bonds. The summed E-state index contributed by atoms with van der Waals surface area (Å²) >= 11 is 0. The molecule has 100 valence electrons. The number of anilines is 1. The van der Waals surface area contributed by atoms with Gasteiger partial charge >= 0.3 is 0 Å². The molecule has 0 fully saturated rings. The van der Waals surface area contributed by atoms with Crippen molar-refractivity contribution in [2.24, 2.45) is 0 Å². The number of nitrogens with zero attached hydrogens (tertiary/aromatic N) is 1. The number of hydrogen-bond acceptors (Lipinski definition) is 3. The molecule has 20 heavy (non-hydrogen) atoms. The molecule has 0 aliphatic carbocycles. The minimum atomic E-state index is -0.192. The van der Waals surface area contributed by atoms with Crippen LogP contribution >= 0.6 is 0 Å². The first-order valence-corrected chi connectivity index (χ1v) is 6.12. The number of carbonyl (C=O) groups excluding carboxylic acids is 1. The van der Waals surface area contributed by atoms with Crippen LogP contribution in [0, 0.1) is 18.8 Å². The largest absolute Gasteiger partial charge is 0.384 e. The van der Waals surface area contributed by atoms with Gasteiger partial charge in [-0.2, -0.15) is 0 Å². The summed E-state index contributed by atoms with van der Waals surface area (Å²) in [4.78, 5) is 16.0. The van der Waals surface area contributed by atoms with Crippen molar-refractivity contribution in [1.29, 1.82) is 0 Å². The van der Waals surface area contributed by atoms with E-state index in [0.29, 0.717) is 11.3 Å². The summed E-state index contributed by atoms with van der Waals surface area (Å²) in [6.07, 6.45) is 3.24. The molecule has 1 aromatic carbocycles. The molecule has 0 bridgehead atoms. The van der Waals surface area contributed by atoms with Gasteiger partial charge in [-0.15, -0.1) is 0 Å². The minimum absolute atomic E-state index is 0.178. The van der Waals surface area contributed by atoms with Gasteiger partial charge < -0.3 is 10.4 Å². The van der Waals surface area contributed by atoms with Crippen molar-refractivity contribution >= 4 is 11.6 Å². The van der Waals surface area contributed by atoms with Crippen molar-refractivity contribution in [1.82, 2.24) is 4.98 Å². The number of rotatable bonds is 2. The molecule has 1 heterocycles. The van der Waals surface area contributed by atoms with Gasteiger partial charge in [-0.05, 0) is 42.8 Å².